The minimum Gasteiger partial charge on any atom is -0.460 e. The number of fused-ring (bicyclic) bond motifs is 1. The number of H-pyrrole nitrogens is 1. The van der Waals surface area contributed by atoms with Crippen molar-refractivity contribution in [2.75, 3.05) is 6.61 Å². The fourth-order valence-corrected chi connectivity index (χ4v) is 1.71. The topological polar surface area (TPSA) is 67.9 Å². The number of aromatic amines is 1. The minimum absolute atomic E-state index is 0.0859. The van der Waals surface area contributed by atoms with Gasteiger partial charge in [0.1, 0.15) is 10.7 Å². The third-order valence-electron chi connectivity index (χ3n) is 1.86. The van der Waals surface area contributed by atoms with Crippen LogP contribution in [0.4, 0.5) is 0 Å². The van der Waals surface area contributed by atoms with Crippen molar-refractivity contribution >= 4 is 40.2 Å². The molecule has 0 amide bonds. The van der Waals surface area contributed by atoms with Gasteiger partial charge >= 0.3 is 5.97 Å². The molecule has 0 fully saturated rings. The Morgan fingerprint density at radius 1 is 1.50 bits per heavy atom. The molecule has 7 heteroatoms. The van der Waals surface area contributed by atoms with E-state index in [1.807, 2.05) is 0 Å². The number of halogens is 2. The Kier molecular flexibility index (Phi) is 2.98. The van der Waals surface area contributed by atoms with Crippen molar-refractivity contribution in [2.45, 2.75) is 6.92 Å². The van der Waals surface area contributed by atoms with Gasteiger partial charge in [0.25, 0.3) is 0 Å². The van der Waals surface area contributed by atoms with Gasteiger partial charge in [0.15, 0.2) is 5.15 Å². The van der Waals surface area contributed by atoms with E-state index in [1.54, 1.807) is 13.0 Å². The average molecular weight is 260 g/mol. The molecule has 0 radical (unpaired) electrons. The lowest BCUT2D eigenvalue weighted by Gasteiger charge is -1.95. The summed E-state index contributed by atoms with van der Waals surface area (Å²) in [5.74, 6) is -0.450. The van der Waals surface area contributed by atoms with Crippen LogP contribution in [0, 0.1) is 0 Å². The van der Waals surface area contributed by atoms with Gasteiger partial charge in [-0.25, -0.2) is 14.8 Å². The molecule has 0 aromatic carbocycles. The number of esters is 1. The van der Waals surface area contributed by atoms with Crippen LogP contribution in [0.2, 0.25) is 10.3 Å². The number of carbonyl (C=O) groups is 1. The van der Waals surface area contributed by atoms with Crippen LogP contribution in [0.3, 0.4) is 0 Å². The summed E-state index contributed by atoms with van der Waals surface area (Å²) < 4.78 is 4.80. The molecular weight excluding hydrogens is 253 g/mol. The largest absolute Gasteiger partial charge is 0.460 e. The number of imidazole rings is 1. The molecule has 1 N–H and O–H groups in total. The average Bonchev–Trinajstić information content (AvgIpc) is 2.62. The van der Waals surface area contributed by atoms with Crippen LogP contribution in [-0.4, -0.2) is 27.5 Å². The van der Waals surface area contributed by atoms with Gasteiger partial charge in [-0.3, -0.25) is 0 Å². The highest BCUT2D eigenvalue weighted by Crippen LogP contribution is 2.22. The molecule has 0 aliphatic rings. The van der Waals surface area contributed by atoms with Crippen LogP contribution < -0.4 is 0 Å². The lowest BCUT2D eigenvalue weighted by molar-refractivity contribution is 0.0514. The standard InChI is InChI=1S/C9H7Cl2N3O2/c1-2-16-9(15)8-12-4-3-5(10)13-7(11)6(4)14-8/h3H,2H2,1H3,(H,12,14). The van der Waals surface area contributed by atoms with Gasteiger partial charge in [-0.05, 0) is 6.92 Å². The number of ether oxygens (including phenoxy) is 1. The smallest absolute Gasteiger partial charge is 0.374 e. The third kappa shape index (κ3) is 1.96. The van der Waals surface area contributed by atoms with Gasteiger partial charge < -0.3 is 9.72 Å². The number of nitrogens with zero attached hydrogens (tertiary/aromatic N) is 2. The summed E-state index contributed by atoms with van der Waals surface area (Å²) in [6.45, 7) is 1.99. The number of aromatic nitrogens is 3. The first-order valence-electron chi connectivity index (χ1n) is 4.50. The third-order valence-corrected chi connectivity index (χ3v) is 2.32. The zero-order chi connectivity index (χ0) is 11.7. The van der Waals surface area contributed by atoms with Gasteiger partial charge in [-0.1, -0.05) is 23.2 Å². The summed E-state index contributed by atoms with van der Waals surface area (Å²) in [5.41, 5.74) is 0.946. The summed E-state index contributed by atoms with van der Waals surface area (Å²) >= 11 is 11.5. The van der Waals surface area contributed by atoms with Crippen LogP contribution in [0.25, 0.3) is 11.0 Å². The second kappa shape index (κ2) is 4.27. The van der Waals surface area contributed by atoms with Crippen molar-refractivity contribution in [3.8, 4) is 0 Å². The maximum absolute atomic E-state index is 11.4. The van der Waals surface area contributed by atoms with E-state index in [0.717, 1.165) is 0 Å². The molecule has 16 heavy (non-hydrogen) atoms. The zero-order valence-electron chi connectivity index (χ0n) is 8.25. The van der Waals surface area contributed by atoms with Crippen molar-refractivity contribution in [3.63, 3.8) is 0 Å². The monoisotopic (exact) mass is 259 g/mol. The van der Waals surface area contributed by atoms with Crippen molar-refractivity contribution < 1.29 is 9.53 Å². The lowest BCUT2D eigenvalue weighted by atomic mass is 10.4. The normalized spacial score (nSPS) is 10.7. The molecule has 84 valence electrons. The molecule has 0 saturated heterocycles. The summed E-state index contributed by atoms with van der Waals surface area (Å²) in [7, 11) is 0. The SMILES string of the molecule is CCOC(=O)c1nc2c(Cl)nc(Cl)cc2[nH]1. The van der Waals surface area contributed by atoms with Crippen molar-refractivity contribution in [2.24, 2.45) is 0 Å². The van der Waals surface area contributed by atoms with Crippen molar-refractivity contribution in [1.82, 2.24) is 15.0 Å². The van der Waals surface area contributed by atoms with Crippen LogP contribution in [-0.2, 0) is 4.74 Å². The highest BCUT2D eigenvalue weighted by atomic mass is 35.5. The summed E-state index contributed by atoms with van der Waals surface area (Å²) in [6, 6.07) is 1.54. The Morgan fingerprint density at radius 2 is 2.25 bits per heavy atom. The first-order valence-corrected chi connectivity index (χ1v) is 5.26. The van der Waals surface area contributed by atoms with E-state index in [4.69, 9.17) is 27.9 Å². The van der Waals surface area contributed by atoms with Gasteiger partial charge in [-0.15, -0.1) is 0 Å². The summed E-state index contributed by atoms with van der Waals surface area (Å²) in [5, 5.41) is 0.380. The second-order valence-corrected chi connectivity index (χ2v) is 3.68. The van der Waals surface area contributed by atoms with E-state index in [-0.39, 0.29) is 22.7 Å². The van der Waals surface area contributed by atoms with E-state index >= 15 is 0 Å². The van der Waals surface area contributed by atoms with E-state index in [2.05, 4.69) is 15.0 Å². The molecule has 0 spiro atoms. The molecule has 0 unspecified atom stereocenters. The number of carbonyl (C=O) groups excluding carboxylic acids is 1. The molecule has 0 atom stereocenters. The Labute approximate surface area is 101 Å². The number of hydrogen-bond acceptors (Lipinski definition) is 4. The summed E-state index contributed by atoms with van der Waals surface area (Å²) in [6.07, 6.45) is 0. The molecule has 0 saturated carbocycles. The Hall–Kier alpha value is -1.33. The van der Waals surface area contributed by atoms with E-state index in [9.17, 15) is 4.79 Å². The van der Waals surface area contributed by atoms with E-state index in [1.165, 1.54) is 0 Å². The maximum Gasteiger partial charge on any atom is 0.374 e. The van der Waals surface area contributed by atoms with Crippen molar-refractivity contribution in [3.05, 3.63) is 22.2 Å². The Balaban J connectivity index is 2.51. The highest BCUT2D eigenvalue weighted by molar-refractivity contribution is 6.36. The molecule has 2 aromatic rings. The Bertz CT molecular complexity index is 553. The van der Waals surface area contributed by atoms with E-state index in [0.29, 0.717) is 11.0 Å². The highest BCUT2D eigenvalue weighted by Gasteiger charge is 2.15. The number of rotatable bonds is 2. The molecule has 5 nitrogen and oxygen atoms in total. The van der Waals surface area contributed by atoms with Crippen molar-refractivity contribution in [1.29, 1.82) is 0 Å². The van der Waals surface area contributed by atoms with Gasteiger partial charge in [-0.2, -0.15) is 0 Å². The van der Waals surface area contributed by atoms with E-state index < -0.39 is 5.97 Å². The minimum atomic E-state index is -0.536. The molecule has 0 aliphatic heterocycles. The predicted octanol–water partition coefficient (Wildman–Crippen LogP) is 2.44. The summed E-state index contributed by atoms with van der Waals surface area (Å²) in [4.78, 5) is 22.0. The quantitative estimate of drug-likeness (QED) is 0.665. The van der Waals surface area contributed by atoms with Crippen LogP contribution in [0.5, 0.6) is 0 Å². The second-order valence-electron chi connectivity index (χ2n) is 2.94. The maximum atomic E-state index is 11.4. The fourth-order valence-electron chi connectivity index (χ4n) is 1.24. The van der Waals surface area contributed by atoms with Gasteiger partial charge in [0, 0.05) is 6.07 Å². The molecule has 0 bridgehead atoms. The van der Waals surface area contributed by atoms with Gasteiger partial charge in [0.05, 0.1) is 12.1 Å². The zero-order valence-corrected chi connectivity index (χ0v) is 9.76. The first-order chi connectivity index (χ1) is 7.61. The molecule has 0 aliphatic carbocycles. The lowest BCUT2D eigenvalue weighted by Crippen LogP contribution is -2.06. The predicted molar refractivity (Wildman–Crippen MR) is 59.9 cm³/mol. The number of hydrogen-bond donors (Lipinski definition) is 1. The van der Waals surface area contributed by atoms with Gasteiger partial charge in [0.2, 0.25) is 5.82 Å². The molecule has 2 aromatic heterocycles. The molecule has 2 rings (SSSR count). The Morgan fingerprint density at radius 3 is 2.94 bits per heavy atom. The number of nitrogens with one attached hydrogen (secondary N) is 1. The van der Waals surface area contributed by atoms with Crippen LogP contribution in [0.15, 0.2) is 6.07 Å². The fraction of sp³-hybridized carbons (Fsp3) is 0.222. The number of pyridine rings is 1. The molecule has 2 heterocycles. The molecular formula is C9H7Cl2N3O2. The van der Waals surface area contributed by atoms with Crippen LogP contribution in [0.1, 0.15) is 17.5 Å². The first kappa shape index (κ1) is 11.2. The van der Waals surface area contributed by atoms with Crippen LogP contribution >= 0.6 is 23.2 Å².